The molecular weight excluding hydrogens is 274 g/mol. The lowest BCUT2D eigenvalue weighted by atomic mass is 10.2. The molecule has 0 aromatic carbocycles. The highest BCUT2D eigenvalue weighted by Crippen LogP contribution is 2.16. The number of carbonyl (C=O) groups excluding carboxylic acids is 1. The van der Waals surface area contributed by atoms with Crippen LogP contribution in [0.1, 0.15) is 16.1 Å². The number of carboxylic acids is 1. The van der Waals surface area contributed by atoms with Crippen LogP contribution in [0.25, 0.3) is 0 Å². The van der Waals surface area contributed by atoms with Crippen molar-refractivity contribution in [1.29, 1.82) is 0 Å². The van der Waals surface area contributed by atoms with Crippen LogP contribution in [0.3, 0.4) is 0 Å². The molecule has 1 amide bonds. The Kier molecular flexibility index (Phi) is 4.45. The molecule has 2 heterocycles. The van der Waals surface area contributed by atoms with Crippen LogP contribution >= 0.6 is 0 Å². The quantitative estimate of drug-likeness (QED) is 0.861. The normalized spacial score (nSPS) is 9.95. The van der Waals surface area contributed by atoms with E-state index in [0.29, 0.717) is 16.9 Å². The molecule has 0 radical (unpaired) electrons. The van der Waals surface area contributed by atoms with Gasteiger partial charge in [-0.25, -0.2) is 4.98 Å². The number of carbonyl (C=O) groups is 2. The van der Waals surface area contributed by atoms with E-state index in [0.717, 1.165) is 0 Å². The summed E-state index contributed by atoms with van der Waals surface area (Å²) in [7, 11) is 1.43. The number of methoxy groups -OCH3 is 1. The highest BCUT2D eigenvalue weighted by molar-refractivity contribution is 6.05. The molecule has 0 unspecified atom stereocenters. The second-order valence-corrected chi connectivity index (χ2v) is 4.12. The molecule has 0 saturated carbocycles. The van der Waals surface area contributed by atoms with E-state index in [-0.39, 0.29) is 18.2 Å². The van der Waals surface area contributed by atoms with E-state index < -0.39 is 5.97 Å². The minimum Gasteiger partial charge on any atom is -0.481 e. The Bertz CT molecular complexity index is 656. The van der Waals surface area contributed by atoms with Gasteiger partial charge >= 0.3 is 5.97 Å². The zero-order chi connectivity index (χ0) is 15.2. The smallest absolute Gasteiger partial charge is 0.309 e. The van der Waals surface area contributed by atoms with E-state index in [9.17, 15) is 9.59 Å². The van der Waals surface area contributed by atoms with Crippen molar-refractivity contribution >= 4 is 17.6 Å². The molecule has 7 heteroatoms. The minimum absolute atomic E-state index is 0.162. The van der Waals surface area contributed by atoms with Gasteiger partial charge in [0.25, 0.3) is 5.91 Å². The lowest BCUT2D eigenvalue weighted by molar-refractivity contribution is -0.136. The molecule has 108 valence electrons. The summed E-state index contributed by atoms with van der Waals surface area (Å²) < 4.78 is 5.01. The maximum absolute atomic E-state index is 12.1. The third-order valence-corrected chi connectivity index (χ3v) is 2.62. The molecule has 21 heavy (non-hydrogen) atoms. The van der Waals surface area contributed by atoms with Crippen molar-refractivity contribution in [3.63, 3.8) is 0 Å². The van der Waals surface area contributed by atoms with Gasteiger partial charge in [0, 0.05) is 6.20 Å². The van der Waals surface area contributed by atoms with Crippen LogP contribution in [0.2, 0.25) is 0 Å². The van der Waals surface area contributed by atoms with Crippen LogP contribution in [-0.4, -0.2) is 34.1 Å². The van der Waals surface area contributed by atoms with Crippen LogP contribution in [-0.2, 0) is 11.2 Å². The van der Waals surface area contributed by atoms with Gasteiger partial charge in [-0.2, -0.15) is 0 Å². The average molecular weight is 287 g/mol. The Morgan fingerprint density at radius 2 is 2.10 bits per heavy atom. The topological polar surface area (TPSA) is 101 Å². The second kappa shape index (κ2) is 6.47. The Balaban J connectivity index is 2.10. The molecule has 0 aliphatic rings. The number of aromatic nitrogens is 2. The van der Waals surface area contributed by atoms with E-state index in [2.05, 4.69) is 15.3 Å². The first-order chi connectivity index (χ1) is 10.1. The minimum atomic E-state index is -0.959. The molecule has 0 fully saturated rings. The predicted molar refractivity (Wildman–Crippen MR) is 74.3 cm³/mol. The summed E-state index contributed by atoms with van der Waals surface area (Å²) in [5.74, 6) is -1.11. The number of pyridine rings is 2. The molecule has 2 N–H and O–H groups in total. The summed E-state index contributed by atoms with van der Waals surface area (Å²) in [6.07, 6.45) is 2.77. The van der Waals surface area contributed by atoms with Crippen molar-refractivity contribution in [3.8, 4) is 5.88 Å². The summed E-state index contributed by atoms with van der Waals surface area (Å²) >= 11 is 0. The Hall–Kier alpha value is -2.96. The maximum atomic E-state index is 12.1. The van der Waals surface area contributed by atoms with Gasteiger partial charge in [-0.15, -0.1) is 0 Å². The van der Waals surface area contributed by atoms with E-state index in [1.807, 2.05) is 0 Å². The molecule has 0 bridgehead atoms. The van der Waals surface area contributed by atoms with Gasteiger partial charge in [0.2, 0.25) is 5.88 Å². The molecule has 0 saturated heterocycles. The maximum Gasteiger partial charge on any atom is 0.309 e. The molecule has 2 rings (SSSR count). The second-order valence-electron chi connectivity index (χ2n) is 4.12. The SMILES string of the molecule is COc1ncccc1C(=O)Nc1ccc(CC(=O)O)nc1. The number of ether oxygens (including phenoxy) is 1. The third-order valence-electron chi connectivity index (χ3n) is 2.62. The van der Waals surface area contributed by atoms with Gasteiger partial charge in [-0.3, -0.25) is 14.6 Å². The number of hydrogen-bond donors (Lipinski definition) is 2. The van der Waals surface area contributed by atoms with Crippen molar-refractivity contribution < 1.29 is 19.4 Å². The molecule has 0 aliphatic carbocycles. The number of aliphatic carboxylic acids is 1. The third kappa shape index (κ3) is 3.75. The molecule has 2 aromatic heterocycles. The molecule has 2 aromatic rings. The van der Waals surface area contributed by atoms with Gasteiger partial charge in [0.15, 0.2) is 0 Å². The van der Waals surface area contributed by atoms with Gasteiger partial charge < -0.3 is 15.2 Å². The number of amides is 1. The fraction of sp³-hybridized carbons (Fsp3) is 0.143. The van der Waals surface area contributed by atoms with Crippen LogP contribution < -0.4 is 10.1 Å². The van der Waals surface area contributed by atoms with E-state index in [1.54, 1.807) is 24.3 Å². The van der Waals surface area contributed by atoms with Gasteiger partial charge in [0.1, 0.15) is 5.56 Å². The van der Waals surface area contributed by atoms with Gasteiger partial charge in [-0.1, -0.05) is 0 Å². The standard InChI is InChI=1S/C14H13N3O4/c1-21-14-11(3-2-6-15-14)13(20)17-10-5-4-9(16-8-10)7-12(18)19/h2-6,8H,7H2,1H3,(H,17,20)(H,18,19). The molecule has 0 atom stereocenters. The highest BCUT2D eigenvalue weighted by Gasteiger charge is 2.13. The monoisotopic (exact) mass is 287 g/mol. The summed E-state index contributed by atoms with van der Waals surface area (Å²) in [5, 5.41) is 11.3. The van der Waals surface area contributed by atoms with Crippen molar-refractivity contribution in [1.82, 2.24) is 9.97 Å². The first-order valence-corrected chi connectivity index (χ1v) is 6.07. The summed E-state index contributed by atoms with van der Waals surface area (Å²) in [5.41, 5.74) is 1.18. The van der Waals surface area contributed by atoms with Crippen LogP contribution in [0.4, 0.5) is 5.69 Å². The largest absolute Gasteiger partial charge is 0.481 e. The number of rotatable bonds is 5. The molecule has 7 nitrogen and oxygen atoms in total. The zero-order valence-electron chi connectivity index (χ0n) is 11.2. The number of anilines is 1. The Labute approximate surface area is 120 Å². The van der Waals surface area contributed by atoms with Crippen molar-refractivity contribution in [2.45, 2.75) is 6.42 Å². The number of nitrogens with one attached hydrogen (secondary N) is 1. The van der Waals surface area contributed by atoms with Crippen LogP contribution in [0.15, 0.2) is 36.7 Å². The lowest BCUT2D eigenvalue weighted by Gasteiger charge is -2.08. The highest BCUT2D eigenvalue weighted by atomic mass is 16.5. The van der Waals surface area contributed by atoms with Crippen LogP contribution in [0.5, 0.6) is 5.88 Å². The first-order valence-electron chi connectivity index (χ1n) is 6.07. The Morgan fingerprint density at radius 3 is 2.71 bits per heavy atom. The fourth-order valence-corrected chi connectivity index (χ4v) is 1.68. The zero-order valence-corrected chi connectivity index (χ0v) is 11.2. The predicted octanol–water partition coefficient (Wildman–Crippen LogP) is 1.36. The van der Waals surface area contributed by atoms with E-state index >= 15 is 0 Å². The van der Waals surface area contributed by atoms with Crippen molar-refractivity contribution in [2.75, 3.05) is 12.4 Å². The summed E-state index contributed by atoms with van der Waals surface area (Å²) in [6.45, 7) is 0. The summed E-state index contributed by atoms with van der Waals surface area (Å²) in [6, 6.07) is 6.36. The number of nitrogens with zero attached hydrogens (tertiary/aromatic N) is 2. The van der Waals surface area contributed by atoms with Gasteiger partial charge in [0.05, 0.1) is 31.1 Å². The van der Waals surface area contributed by atoms with Crippen molar-refractivity contribution in [2.24, 2.45) is 0 Å². The van der Waals surface area contributed by atoms with E-state index in [1.165, 1.54) is 19.5 Å². The Morgan fingerprint density at radius 1 is 1.29 bits per heavy atom. The van der Waals surface area contributed by atoms with Crippen LogP contribution in [0, 0.1) is 0 Å². The first kappa shape index (κ1) is 14.4. The molecule has 0 aliphatic heterocycles. The van der Waals surface area contributed by atoms with Gasteiger partial charge in [-0.05, 0) is 24.3 Å². The fourth-order valence-electron chi connectivity index (χ4n) is 1.68. The van der Waals surface area contributed by atoms with Crippen molar-refractivity contribution in [3.05, 3.63) is 47.9 Å². The molecule has 0 spiro atoms. The summed E-state index contributed by atoms with van der Waals surface area (Å²) in [4.78, 5) is 30.6. The molecular formula is C14H13N3O4. The van der Waals surface area contributed by atoms with E-state index in [4.69, 9.17) is 9.84 Å². The number of hydrogen-bond acceptors (Lipinski definition) is 5. The number of carboxylic acid groups (broad SMARTS) is 1. The lowest BCUT2D eigenvalue weighted by Crippen LogP contribution is -2.14. The average Bonchev–Trinajstić information content (AvgIpc) is 2.48.